The van der Waals surface area contributed by atoms with E-state index < -0.39 is 0 Å². The Morgan fingerprint density at radius 2 is 1.67 bits per heavy atom. The first-order valence-corrected chi connectivity index (χ1v) is 6.79. The van der Waals surface area contributed by atoms with Gasteiger partial charge in [-0.3, -0.25) is 9.78 Å². The molecule has 0 aliphatic heterocycles. The maximum Gasteiger partial charge on any atom is 0.214 e. The molecular weight excluding hydrogens is 260 g/mol. The Bertz CT molecular complexity index is 964. The quantitative estimate of drug-likeness (QED) is 0.562. The summed E-state index contributed by atoms with van der Waals surface area (Å²) in [6, 6.07) is 17.5. The highest BCUT2D eigenvalue weighted by atomic mass is 16.1. The molecule has 0 fully saturated rings. The summed E-state index contributed by atoms with van der Waals surface area (Å²) in [6.45, 7) is 0. The smallest absolute Gasteiger partial charge is 0.214 e. The summed E-state index contributed by atoms with van der Waals surface area (Å²) in [5.74, 6) is -0.0516. The van der Waals surface area contributed by atoms with E-state index in [0.717, 1.165) is 21.7 Å². The molecule has 100 valence electrons. The summed E-state index contributed by atoms with van der Waals surface area (Å²) in [6.07, 6.45) is 3.45. The predicted octanol–water partition coefficient (Wildman–Crippen LogP) is 3.95. The van der Waals surface area contributed by atoms with Crippen molar-refractivity contribution < 1.29 is 4.79 Å². The van der Waals surface area contributed by atoms with Gasteiger partial charge in [0.1, 0.15) is 5.69 Å². The van der Waals surface area contributed by atoms with Crippen LogP contribution in [-0.2, 0) is 0 Å². The number of aromatic amines is 1. The SMILES string of the molecule is O=C(c1nccc2ccccc12)c1c[nH]c2ccccc12. The number of hydrogen-bond acceptors (Lipinski definition) is 2. The lowest BCUT2D eigenvalue weighted by Gasteiger charge is -2.04. The number of H-pyrrole nitrogens is 1. The van der Waals surface area contributed by atoms with Crippen LogP contribution < -0.4 is 0 Å². The molecule has 0 unspecified atom stereocenters. The number of benzene rings is 2. The Morgan fingerprint density at radius 3 is 2.57 bits per heavy atom. The Labute approximate surface area is 121 Å². The number of ketones is 1. The standard InChI is InChI=1S/C18H12N2O/c21-18(15-11-20-16-8-4-3-7-14(15)16)17-13-6-2-1-5-12(13)9-10-19-17/h1-11,20H. The molecule has 1 N–H and O–H groups in total. The zero-order chi connectivity index (χ0) is 14.2. The number of aromatic nitrogens is 2. The van der Waals surface area contributed by atoms with Crippen LogP contribution in [0.25, 0.3) is 21.7 Å². The van der Waals surface area contributed by atoms with Crippen LogP contribution in [0.4, 0.5) is 0 Å². The van der Waals surface area contributed by atoms with E-state index in [1.165, 1.54) is 0 Å². The van der Waals surface area contributed by atoms with E-state index in [4.69, 9.17) is 0 Å². The zero-order valence-corrected chi connectivity index (χ0v) is 11.2. The minimum absolute atomic E-state index is 0.0516. The van der Waals surface area contributed by atoms with Crippen LogP contribution in [-0.4, -0.2) is 15.8 Å². The Balaban J connectivity index is 1.95. The number of pyridine rings is 1. The fraction of sp³-hybridized carbons (Fsp3) is 0. The van der Waals surface area contributed by atoms with Gasteiger partial charge in [-0.15, -0.1) is 0 Å². The van der Waals surface area contributed by atoms with Gasteiger partial charge in [-0.1, -0.05) is 42.5 Å². The highest BCUT2D eigenvalue weighted by Crippen LogP contribution is 2.24. The zero-order valence-electron chi connectivity index (χ0n) is 11.2. The van der Waals surface area contributed by atoms with Gasteiger partial charge in [-0.25, -0.2) is 0 Å². The molecule has 0 saturated heterocycles. The molecule has 0 saturated carbocycles. The van der Waals surface area contributed by atoms with Crippen LogP contribution in [0.5, 0.6) is 0 Å². The maximum atomic E-state index is 12.9. The van der Waals surface area contributed by atoms with E-state index in [1.54, 1.807) is 12.4 Å². The molecule has 0 aliphatic rings. The number of carbonyl (C=O) groups is 1. The summed E-state index contributed by atoms with van der Waals surface area (Å²) in [7, 11) is 0. The fourth-order valence-electron chi connectivity index (χ4n) is 2.69. The van der Waals surface area contributed by atoms with Gasteiger partial charge in [0.15, 0.2) is 0 Å². The fourth-order valence-corrected chi connectivity index (χ4v) is 2.69. The highest BCUT2D eigenvalue weighted by molar-refractivity contribution is 6.20. The molecule has 0 radical (unpaired) electrons. The molecule has 2 aromatic heterocycles. The lowest BCUT2D eigenvalue weighted by atomic mass is 10.0. The van der Waals surface area contributed by atoms with E-state index in [1.807, 2.05) is 54.6 Å². The summed E-state index contributed by atoms with van der Waals surface area (Å²) in [4.78, 5) is 20.3. The molecular formula is C18H12N2O. The number of hydrogen-bond donors (Lipinski definition) is 1. The molecule has 4 rings (SSSR count). The molecule has 2 heterocycles. The van der Waals surface area contributed by atoms with Crippen molar-refractivity contribution in [2.45, 2.75) is 0 Å². The van der Waals surface area contributed by atoms with Gasteiger partial charge in [0.05, 0.1) is 0 Å². The lowest BCUT2D eigenvalue weighted by Crippen LogP contribution is -2.04. The molecule has 3 heteroatoms. The monoisotopic (exact) mass is 272 g/mol. The Morgan fingerprint density at radius 1 is 0.905 bits per heavy atom. The molecule has 0 aliphatic carbocycles. The van der Waals surface area contributed by atoms with E-state index in [0.29, 0.717) is 11.3 Å². The molecule has 0 spiro atoms. The van der Waals surface area contributed by atoms with Crippen LogP contribution in [0, 0.1) is 0 Å². The number of nitrogens with zero attached hydrogens (tertiary/aromatic N) is 1. The first-order chi connectivity index (χ1) is 10.3. The second kappa shape index (κ2) is 4.56. The third-order valence-corrected chi connectivity index (χ3v) is 3.72. The minimum Gasteiger partial charge on any atom is -0.360 e. The maximum absolute atomic E-state index is 12.9. The molecule has 0 atom stereocenters. The molecule has 21 heavy (non-hydrogen) atoms. The Kier molecular flexibility index (Phi) is 2.57. The summed E-state index contributed by atoms with van der Waals surface area (Å²) < 4.78 is 0. The van der Waals surface area contributed by atoms with Crippen molar-refractivity contribution in [2.75, 3.05) is 0 Å². The van der Waals surface area contributed by atoms with Crippen LogP contribution in [0.15, 0.2) is 67.0 Å². The van der Waals surface area contributed by atoms with Crippen LogP contribution in [0.2, 0.25) is 0 Å². The van der Waals surface area contributed by atoms with Gasteiger partial charge in [-0.2, -0.15) is 0 Å². The van der Waals surface area contributed by atoms with Gasteiger partial charge in [-0.05, 0) is 17.5 Å². The Hall–Kier alpha value is -2.94. The average molecular weight is 272 g/mol. The van der Waals surface area contributed by atoms with Gasteiger partial charge in [0, 0.05) is 34.2 Å². The topological polar surface area (TPSA) is 45.8 Å². The molecule has 2 aromatic carbocycles. The number of fused-ring (bicyclic) bond motifs is 2. The first kappa shape index (κ1) is 11.9. The van der Waals surface area contributed by atoms with Gasteiger partial charge in [0.25, 0.3) is 0 Å². The van der Waals surface area contributed by atoms with Crippen LogP contribution >= 0.6 is 0 Å². The third kappa shape index (κ3) is 1.82. The molecule has 4 aromatic rings. The summed E-state index contributed by atoms with van der Waals surface area (Å²) in [5, 5.41) is 2.84. The number of nitrogens with one attached hydrogen (secondary N) is 1. The molecule has 0 bridgehead atoms. The van der Waals surface area contributed by atoms with Crippen molar-refractivity contribution in [2.24, 2.45) is 0 Å². The van der Waals surface area contributed by atoms with Crippen molar-refractivity contribution in [3.8, 4) is 0 Å². The van der Waals surface area contributed by atoms with Gasteiger partial charge >= 0.3 is 0 Å². The van der Waals surface area contributed by atoms with E-state index >= 15 is 0 Å². The van der Waals surface area contributed by atoms with Crippen molar-refractivity contribution in [3.63, 3.8) is 0 Å². The van der Waals surface area contributed by atoms with Crippen molar-refractivity contribution >= 4 is 27.5 Å². The number of para-hydroxylation sites is 1. The number of rotatable bonds is 2. The number of carbonyl (C=O) groups excluding carboxylic acids is 1. The normalized spacial score (nSPS) is 11.0. The summed E-state index contributed by atoms with van der Waals surface area (Å²) >= 11 is 0. The van der Waals surface area contributed by atoms with Crippen molar-refractivity contribution in [1.29, 1.82) is 0 Å². The second-order valence-electron chi connectivity index (χ2n) is 4.96. The first-order valence-electron chi connectivity index (χ1n) is 6.79. The van der Waals surface area contributed by atoms with Gasteiger partial charge in [0.2, 0.25) is 5.78 Å². The minimum atomic E-state index is -0.0516. The van der Waals surface area contributed by atoms with Crippen LogP contribution in [0.3, 0.4) is 0 Å². The lowest BCUT2D eigenvalue weighted by molar-refractivity contribution is 0.103. The highest BCUT2D eigenvalue weighted by Gasteiger charge is 2.17. The van der Waals surface area contributed by atoms with E-state index in [2.05, 4.69) is 9.97 Å². The van der Waals surface area contributed by atoms with E-state index in [9.17, 15) is 4.79 Å². The third-order valence-electron chi connectivity index (χ3n) is 3.72. The average Bonchev–Trinajstić information content (AvgIpc) is 2.98. The molecule has 0 amide bonds. The summed E-state index contributed by atoms with van der Waals surface area (Å²) in [5.41, 5.74) is 2.12. The second-order valence-corrected chi connectivity index (χ2v) is 4.96. The van der Waals surface area contributed by atoms with Crippen molar-refractivity contribution in [3.05, 3.63) is 78.2 Å². The van der Waals surface area contributed by atoms with Crippen LogP contribution in [0.1, 0.15) is 16.1 Å². The molecule has 3 nitrogen and oxygen atoms in total. The predicted molar refractivity (Wildman–Crippen MR) is 83.5 cm³/mol. The van der Waals surface area contributed by atoms with E-state index in [-0.39, 0.29) is 5.78 Å². The van der Waals surface area contributed by atoms with Crippen molar-refractivity contribution in [1.82, 2.24) is 9.97 Å². The van der Waals surface area contributed by atoms with Gasteiger partial charge < -0.3 is 4.98 Å². The largest absolute Gasteiger partial charge is 0.360 e.